The fraction of sp³-hybridized carbons (Fsp3) is 1.00. The first-order valence-corrected chi connectivity index (χ1v) is 7.44. The van der Waals surface area contributed by atoms with Crippen molar-refractivity contribution in [1.29, 1.82) is 0 Å². The largest absolute Gasteiger partial charge is 0.379 e. The highest BCUT2D eigenvalue weighted by atomic mass is 35.5. The fourth-order valence-corrected chi connectivity index (χ4v) is 1.57. The third kappa shape index (κ3) is 16.1. The lowest BCUT2D eigenvalue weighted by Crippen LogP contribution is -2.11. The summed E-state index contributed by atoms with van der Waals surface area (Å²) in [5.41, 5.74) is 5.34. The van der Waals surface area contributed by atoms with Crippen molar-refractivity contribution >= 4 is 11.6 Å². The van der Waals surface area contributed by atoms with E-state index >= 15 is 0 Å². The Balaban J connectivity index is 2.86. The molecule has 110 valence electrons. The van der Waals surface area contributed by atoms with Gasteiger partial charge in [-0.3, -0.25) is 0 Å². The van der Waals surface area contributed by atoms with Crippen molar-refractivity contribution in [2.45, 2.75) is 32.1 Å². The molecule has 0 aromatic carbocycles. The van der Waals surface area contributed by atoms with Crippen molar-refractivity contribution < 1.29 is 14.2 Å². The van der Waals surface area contributed by atoms with E-state index < -0.39 is 0 Å². The van der Waals surface area contributed by atoms with Gasteiger partial charge in [-0.15, -0.1) is 11.6 Å². The van der Waals surface area contributed by atoms with E-state index in [4.69, 9.17) is 31.5 Å². The molecule has 18 heavy (non-hydrogen) atoms. The summed E-state index contributed by atoms with van der Waals surface area (Å²) < 4.78 is 16.1. The standard InChI is InChI=1S/C13H28ClNO3/c14-6-3-1-2-4-8-16-10-12-18-13-11-17-9-5-7-15/h1-13,15H2. The highest BCUT2D eigenvalue weighted by molar-refractivity contribution is 6.17. The molecule has 0 radical (unpaired) electrons. The summed E-state index contributed by atoms with van der Waals surface area (Å²) in [5, 5.41) is 0. The van der Waals surface area contributed by atoms with Crippen molar-refractivity contribution in [1.82, 2.24) is 0 Å². The molecular formula is C13H28ClNO3. The van der Waals surface area contributed by atoms with Gasteiger partial charge in [0.05, 0.1) is 26.4 Å². The Morgan fingerprint density at radius 3 is 1.67 bits per heavy atom. The molecule has 0 amide bonds. The molecule has 2 N–H and O–H groups in total. The quantitative estimate of drug-likeness (QED) is 0.369. The summed E-state index contributed by atoms with van der Waals surface area (Å²) in [6.07, 6.45) is 5.52. The Bertz CT molecular complexity index is 134. The van der Waals surface area contributed by atoms with Crippen LogP contribution in [-0.2, 0) is 14.2 Å². The zero-order valence-corrected chi connectivity index (χ0v) is 12.1. The molecule has 0 aromatic rings. The highest BCUT2D eigenvalue weighted by Crippen LogP contribution is 2.00. The van der Waals surface area contributed by atoms with E-state index in [1.807, 2.05) is 0 Å². The summed E-state index contributed by atoms with van der Waals surface area (Å²) in [6.45, 7) is 4.79. The SMILES string of the molecule is NCCCOCCOCCOCCCCCCCl. The van der Waals surface area contributed by atoms with Crippen LogP contribution >= 0.6 is 11.6 Å². The second-order valence-corrected chi connectivity index (χ2v) is 4.46. The number of hydrogen-bond donors (Lipinski definition) is 1. The lowest BCUT2D eigenvalue weighted by molar-refractivity contribution is 0.0138. The zero-order valence-electron chi connectivity index (χ0n) is 11.4. The van der Waals surface area contributed by atoms with E-state index in [1.165, 1.54) is 12.8 Å². The van der Waals surface area contributed by atoms with Crippen LogP contribution in [0.3, 0.4) is 0 Å². The number of hydrogen-bond acceptors (Lipinski definition) is 4. The van der Waals surface area contributed by atoms with Gasteiger partial charge in [0.1, 0.15) is 0 Å². The lowest BCUT2D eigenvalue weighted by Gasteiger charge is -2.06. The molecule has 5 heteroatoms. The van der Waals surface area contributed by atoms with E-state index in [2.05, 4.69) is 0 Å². The molecule has 0 aliphatic carbocycles. The van der Waals surface area contributed by atoms with E-state index in [0.717, 1.165) is 38.4 Å². The molecule has 0 saturated carbocycles. The first-order valence-electron chi connectivity index (χ1n) is 6.91. The summed E-state index contributed by atoms with van der Waals surface area (Å²) in [4.78, 5) is 0. The molecular weight excluding hydrogens is 254 g/mol. The second-order valence-electron chi connectivity index (χ2n) is 4.08. The third-order valence-electron chi connectivity index (χ3n) is 2.41. The predicted octanol–water partition coefficient (Wildman–Crippen LogP) is 2.18. The summed E-state index contributed by atoms with van der Waals surface area (Å²) >= 11 is 5.59. The first kappa shape index (κ1) is 18.1. The monoisotopic (exact) mass is 281 g/mol. The van der Waals surface area contributed by atoms with Gasteiger partial charge in [0.15, 0.2) is 0 Å². The number of unbranched alkanes of at least 4 members (excludes halogenated alkanes) is 3. The average Bonchev–Trinajstić information content (AvgIpc) is 2.39. The van der Waals surface area contributed by atoms with Crippen LogP contribution in [0.5, 0.6) is 0 Å². The molecule has 0 fully saturated rings. The minimum Gasteiger partial charge on any atom is -0.379 e. The zero-order chi connectivity index (χ0) is 13.3. The Hall–Kier alpha value is 0.130. The lowest BCUT2D eigenvalue weighted by atomic mass is 10.2. The van der Waals surface area contributed by atoms with Crippen molar-refractivity contribution in [3.63, 3.8) is 0 Å². The summed E-state index contributed by atoms with van der Waals surface area (Å²) in [6, 6.07) is 0. The van der Waals surface area contributed by atoms with Crippen LogP contribution < -0.4 is 5.73 Å². The van der Waals surface area contributed by atoms with Gasteiger partial charge in [0.2, 0.25) is 0 Å². The Labute approximate surface area is 116 Å². The van der Waals surface area contributed by atoms with Gasteiger partial charge in [-0.05, 0) is 25.8 Å². The van der Waals surface area contributed by atoms with E-state index in [1.54, 1.807) is 0 Å². The van der Waals surface area contributed by atoms with Gasteiger partial charge in [0.25, 0.3) is 0 Å². The van der Waals surface area contributed by atoms with Crippen molar-refractivity contribution in [3.8, 4) is 0 Å². The summed E-state index contributed by atoms with van der Waals surface area (Å²) in [7, 11) is 0. The van der Waals surface area contributed by atoms with E-state index in [-0.39, 0.29) is 0 Å². The topological polar surface area (TPSA) is 53.7 Å². The van der Waals surface area contributed by atoms with Crippen LogP contribution in [0.25, 0.3) is 0 Å². The van der Waals surface area contributed by atoms with Crippen LogP contribution in [0.1, 0.15) is 32.1 Å². The number of rotatable bonds is 15. The van der Waals surface area contributed by atoms with Crippen LogP contribution in [0.4, 0.5) is 0 Å². The highest BCUT2D eigenvalue weighted by Gasteiger charge is 1.92. The van der Waals surface area contributed by atoms with Crippen LogP contribution in [0.15, 0.2) is 0 Å². The smallest absolute Gasteiger partial charge is 0.0701 e. The molecule has 0 bridgehead atoms. The predicted molar refractivity (Wildman–Crippen MR) is 75.3 cm³/mol. The number of ether oxygens (including phenoxy) is 3. The maximum absolute atomic E-state index is 5.59. The van der Waals surface area contributed by atoms with Gasteiger partial charge in [-0.25, -0.2) is 0 Å². The first-order chi connectivity index (χ1) is 8.91. The van der Waals surface area contributed by atoms with Gasteiger partial charge in [-0.2, -0.15) is 0 Å². The van der Waals surface area contributed by atoms with E-state index in [0.29, 0.717) is 33.0 Å². The number of alkyl halides is 1. The normalized spacial score (nSPS) is 11.0. The molecule has 4 nitrogen and oxygen atoms in total. The molecule has 0 atom stereocenters. The molecule has 0 spiro atoms. The van der Waals surface area contributed by atoms with Gasteiger partial charge >= 0.3 is 0 Å². The van der Waals surface area contributed by atoms with Crippen molar-refractivity contribution in [2.75, 3.05) is 52.1 Å². The summed E-state index contributed by atoms with van der Waals surface area (Å²) in [5.74, 6) is 0.766. The Morgan fingerprint density at radius 1 is 0.611 bits per heavy atom. The molecule has 0 saturated heterocycles. The average molecular weight is 282 g/mol. The molecule has 0 unspecified atom stereocenters. The molecule has 0 aliphatic rings. The molecule has 0 aromatic heterocycles. The molecule has 0 rings (SSSR count). The number of nitrogens with two attached hydrogens (primary N) is 1. The van der Waals surface area contributed by atoms with Gasteiger partial charge in [-0.1, -0.05) is 12.8 Å². The van der Waals surface area contributed by atoms with Crippen molar-refractivity contribution in [3.05, 3.63) is 0 Å². The Morgan fingerprint density at radius 2 is 1.11 bits per heavy atom. The second kappa shape index (κ2) is 17.1. The Kier molecular flexibility index (Phi) is 17.3. The van der Waals surface area contributed by atoms with Crippen molar-refractivity contribution in [2.24, 2.45) is 5.73 Å². The molecule has 0 aliphatic heterocycles. The molecule has 0 heterocycles. The maximum Gasteiger partial charge on any atom is 0.0701 e. The van der Waals surface area contributed by atoms with E-state index in [9.17, 15) is 0 Å². The van der Waals surface area contributed by atoms with Gasteiger partial charge in [0, 0.05) is 19.1 Å². The van der Waals surface area contributed by atoms with Crippen LogP contribution in [0.2, 0.25) is 0 Å². The van der Waals surface area contributed by atoms with Crippen LogP contribution in [-0.4, -0.2) is 52.1 Å². The van der Waals surface area contributed by atoms with Crippen LogP contribution in [0, 0.1) is 0 Å². The van der Waals surface area contributed by atoms with Gasteiger partial charge < -0.3 is 19.9 Å². The fourth-order valence-electron chi connectivity index (χ4n) is 1.38. The minimum atomic E-state index is 0.629. The minimum absolute atomic E-state index is 0.629. The maximum atomic E-state index is 5.59. The third-order valence-corrected chi connectivity index (χ3v) is 2.68. The number of halogens is 1.